The lowest BCUT2D eigenvalue weighted by Crippen LogP contribution is -2.57. The van der Waals surface area contributed by atoms with Gasteiger partial charge in [-0.2, -0.15) is 0 Å². The fourth-order valence-electron chi connectivity index (χ4n) is 4.13. The van der Waals surface area contributed by atoms with Crippen molar-refractivity contribution in [3.8, 4) is 5.75 Å². The SMILES string of the molecule is CC(=O)c1ccc2c(c1)[C@H](NC(=O)c1cccc(Cl)c1)[C@@H](OC(=O)[C@H](C)NC(=O)[C@@H](N)C(C)C)C(C)(C)O2. The van der Waals surface area contributed by atoms with Crippen molar-refractivity contribution in [2.45, 2.75) is 71.4 Å². The van der Waals surface area contributed by atoms with Crippen LogP contribution in [-0.4, -0.2) is 47.4 Å². The minimum absolute atomic E-state index is 0.123. The Morgan fingerprint density at radius 3 is 2.34 bits per heavy atom. The summed E-state index contributed by atoms with van der Waals surface area (Å²) in [6.07, 6.45) is -1.02. The fraction of sp³-hybridized carbons (Fsp3) is 0.429. The number of carbonyl (C=O) groups excluding carboxylic acids is 4. The lowest BCUT2D eigenvalue weighted by Gasteiger charge is -2.44. The van der Waals surface area contributed by atoms with Crippen LogP contribution in [0, 0.1) is 5.92 Å². The van der Waals surface area contributed by atoms with Gasteiger partial charge in [0.15, 0.2) is 11.9 Å². The number of benzene rings is 2. The molecule has 2 aromatic rings. The Morgan fingerprint density at radius 2 is 1.74 bits per heavy atom. The Kier molecular flexibility index (Phi) is 8.84. The molecule has 4 atom stereocenters. The minimum Gasteiger partial charge on any atom is -0.484 e. The van der Waals surface area contributed by atoms with Crippen molar-refractivity contribution >= 4 is 35.2 Å². The van der Waals surface area contributed by atoms with Crippen LogP contribution < -0.4 is 21.1 Å². The second kappa shape index (κ2) is 11.5. The van der Waals surface area contributed by atoms with Gasteiger partial charge in [-0.05, 0) is 70.0 Å². The zero-order chi connectivity index (χ0) is 28.4. The number of ether oxygens (including phenoxy) is 2. The third-order valence-electron chi connectivity index (χ3n) is 6.46. The Labute approximate surface area is 227 Å². The van der Waals surface area contributed by atoms with Crippen molar-refractivity contribution in [2.24, 2.45) is 11.7 Å². The number of Topliss-reactive ketones (excluding diaryl/α,β-unsaturated/α-hetero) is 1. The lowest BCUT2D eigenvalue weighted by atomic mass is 9.85. The van der Waals surface area contributed by atoms with Gasteiger partial charge in [0.05, 0.1) is 12.1 Å². The Hall–Kier alpha value is -3.43. The van der Waals surface area contributed by atoms with E-state index in [1.165, 1.54) is 19.9 Å². The number of hydrogen-bond donors (Lipinski definition) is 3. The molecule has 0 saturated carbocycles. The summed E-state index contributed by atoms with van der Waals surface area (Å²) in [5, 5.41) is 5.90. The molecule has 0 radical (unpaired) electrons. The summed E-state index contributed by atoms with van der Waals surface area (Å²) in [5.74, 6) is -1.53. The molecule has 1 aliphatic rings. The third-order valence-corrected chi connectivity index (χ3v) is 6.70. The molecule has 4 N–H and O–H groups in total. The Morgan fingerprint density at radius 1 is 1.05 bits per heavy atom. The molecule has 38 heavy (non-hydrogen) atoms. The van der Waals surface area contributed by atoms with Crippen LogP contribution in [0.4, 0.5) is 0 Å². The van der Waals surface area contributed by atoms with E-state index in [0.29, 0.717) is 27.5 Å². The van der Waals surface area contributed by atoms with Crippen LogP contribution in [0.2, 0.25) is 5.02 Å². The number of hydrogen-bond acceptors (Lipinski definition) is 7. The summed E-state index contributed by atoms with van der Waals surface area (Å²) in [6, 6.07) is 8.63. The molecule has 0 spiro atoms. The summed E-state index contributed by atoms with van der Waals surface area (Å²) in [4.78, 5) is 50.9. The highest BCUT2D eigenvalue weighted by molar-refractivity contribution is 6.31. The Balaban J connectivity index is 1.97. The van der Waals surface area contributed by atoms with Crippen molar-refractivity contribution in [1.82, 2.24) is 10.6 Å². The first kappa shape index (κ1) is 29.1. The number of halogens is 1. The van der Waals surface area contributed by atoms with E-state index in [9.17, 15) is 19.2 Å². The predicted molar refractivity (Wildman–Crippen MR) is 143 cm³/mol. The molecular formula is C28H34ClN3O6. The molecule has 2 amide bonds. The van der Waals surface area contributed by atoms with Crippen molar-refractivity contribution in [3.63, 3.8) is 0 Å². The number of fused-ring (bicyclic) bond motifs is 1. The van der Waals surface area contributed by atoms with Gasteiger partial charge in [0.25, 0.3) is 5.91 Å². The molecule has 9 nitrogen and oxygen atoms in total. The molecule has 0 bridgehead atoms. The highest BCUT2D eigenvalue weighted by Gasteiger charge is 2.48. The average Bonchev–Trinajstić information content (AvgIpc) is 2.84. The maximum absolute atomic E-state index is 13.3. The van der Waals surface area contributed by atoms with Gasteiger partial charge < -0.3 is 25.8 Å². The zero-order valence-electron chi connectivity index (χ0n) is 22.3. The molecule has 0 unspecified atom stereocenters. The van der Waals surface area contributed by atoms with E-state index >= 15 is 0 Å². The van der Waals surface area contributed by atoms with Gasteiger partial charge in [0, 0.05) is 21.7 Å². The van der Waals surface area contributed by atoms with Crippen molar-refractivity contribution < 1.29 is 28.7 Å². The van der Waals surface area contributed by atoms with Crippen LogP contribution in [0.15, 0.2) is 42.5 Å². The smallest absolute Gasteiger partial charge is 0.328 e. The monoisotopic (exact) mass is 543 g/mol. The highest BCUT2D eigenvalue weighted by atomic mass is 35.5. The summed E-state index contributed by atoms with van der Waals surface area (Å²) in [6.45, 7) is 9.97. The van der Waals surface area contributed by atoms with Crippen molar-refractivity contribution in [3.05, 3.63) is 64.2 Å². The summed E-state index contributed by atoms with van der Waals surface area (Å²) in [5.41, 5.74) is 5.99. The van der Waals surface area contributed by atoms with Crippen LogP contribution in [0.3, 0.4) is 0 Å². The number of carbonyl (C=O) groups is 4. The first-order chi connectivity index (χ1) is 17.7. The van der Waals surface area contributed by atoms with Gasteiger partial charge in [0.1, 0.15) is 17.4 Å². The van der Waals surface area contributed by atoms with Crippen LogP contribution >= 0.6 is 11.6 Å². The minimum atomic E-state index is -1.09. The number of nitrogens with two attached hydrogens (primary N) is 1. The molecule has 0 aliphatic carbocycles. The number of esters is 1. The normalized spacial score (nSPS) is 19.4. The van der Waals surface area contributed by atoms with E-state index in [1.807, 2.05) is 0 Å². The van der Waals surface area contributed by atoms with Crippen LogP contribution in [-0.2, 0) is 14.3 Å². The number of ketones is 1. The van der Waals surface area contributed by atoms with Gasteiger partial charge in [-0.3, -0.25) is 14.4 Å². The summed E-state index contributed by atoms with van der Waals surface area (Å²) >= 11 is 6.08. The van der Waals surface area contributed by atoms with E-state index < -0.39 is 47.6 Å². The summed E-state index contributed by atoms with van der Waals surface area (Å²) < 4.78 is 12.1. The molecule has 0 saturated heterocycles. The largest absolute Gasteiger partial charge is 0.484 e. The van der Waals surface area contributed by atoms with Crippen molar-refractivity contribution in [1.29, 1.82) is 0 Å². The molecule has 0 fully saturated rings. The number of amides is 2. The van der Waals surface area contributed by atoms with Gasteiger partial charge in [-0.15, -0.1) is 0 Å². The standard InChI is InChI=1S/C28H34ClN3O6/c1-14(2)22(30)26(35)31-15(3)27(36)37-24-23(32-25(34)18-8-7-9-19(29)12-18)20-13-17(16(4)33)10-11-21(20)38-28(24,5)6/h7-15,22-24H,30H2,1-6H3,(H,31,35)(H,32,34)/t15-,22-,23-,24+/m0/s1. The van der Waals surface area contributed by atoms with Gasteiger partial charge in [-0.25, -0.2) is 4.79 Å². The van der Waals surface area contributed by atoms with E-state index in [0.717, 1.165) is 0 Å². The first-order valence-electron chi connectivity index (χ1n) is 12.4. The second-order valence-electron chi connectivity index (χ2n) is 10.3. The summed E-state index contributed by atoms with van der Waals surface area (Å²) in [7, 11) is 0. The van der Waals surface area contributed by atoms with Gasteiger partial charge in [-0.1, -0.05) is 31.5 Å². The van der Waals surface area contributed by atoms with Gasteiger partial charge >= 0.3 is 5.97 Å². The maximum Gasteiger partial charge on any atom is 0.328 e. The molecule has 3 rings (SSSR count). The molecule has 2 aromatic carbocycles. The number of rotatable bonds is 8. The van der Waals surface area contributed by atoms with Gasteiger partial charge in [0.2, 0.25) is 5.91 Å². The molecule has 1 heterocycles. The van der Waals surface area contributed by atoms with E-state index in [-0.39, 0.29) is 11.7 Å². The maximum atomic E-state index is 13.3. The Bertz CT molecular complexity index is 1240. The van der Waals surface area contributed by atoms with E-state index in [2.05, 4.69) is 10.6 Å². The predicted octanol–water partition coefficient (Wildman–Crippen LogP) is 3.58. The fourth-order valence-corrected chi connectivity index (χ4v) is 4.32. The van der Waals surface area contributed by atoms with Crippen LogP contribution in [0.1, 0.15) is 73.9 Å². The molecule has 10 heteroatoms. The molecule has 0 aromatic heterocycles. The average molecular weight is 544 g/mol. The topological polar surface area (TPSA) is 137 Å². The molecule has 1 aliphatic heterocycles. The zero-order valence-corrected chi connectivity index (χ0v) is 23.1. The lowest BCUT2D eigenvalue weighted by molar-refractivity contribution is -0.168. The quantitative estimate of drug-likeness (QED) is 0.342. The third kappa shape index (κ3) is 6.52. The molecular weight excluding hydrogens is 510 g/mol. The first-order valence-corrected chi connectivity index (χ1v) is 12.8. The van der Waals surface area contributed by atoms with E-state index in [1.54, 1.807) is 64.1 Å². The van der Waals surface area contributed by atoms with Crippen molar-refractivity contribution in [2.75, 3.05) is 0 Å². The molecule has 204 valence electrons. The van der Waals surface area contributed by atoms with Crippen LogP contribution in [0.25, 0.3) is 0 Å². The number of nitrogens with one attached hydrogen (secondary N) is 2. The second-order valence-corrected chi connectivity index (χ2v) is 10.8. The van der Waals surface area contributed by atoms with E-state index in [4.69, 9.17) is 26.8 Å². The van der Waals surface area contributed by atoms with Crippen LogP contribution in [0.5, 0.6) is 5.75 Å². The highest BCUT2D eigenvalue weighted by Crippen LogP contribution is 2.42.